The van der Waals surface area contributed by atoms with E-state index >= 15 is 0 Å². The minimum absolute atomic E-state index is 1.01. The molecular weight excluding hydrogens is 374 g/mol. The molecule has 2 aliphatic rings. The summed E-state index contributed by atoms with van der Waals surface area (Å²) in [6.07, 6.45) is 4.27. The summed E-state index contributed by atoms with van der Waals surface area (Å²) in [7, 11) is 0. The van der Waals surface area contributed by atoms with Gasteiger partial charge in [0.1, 0.15) is 0 Å². The predicted octanol–water partition coefficient (Wildman–Crippen LogP) is 7.39. The van der Waals surface area contributed by atoms with Crippen LogP contribution in [-0.4, -0.2) is 4.40 Å². The molecule has 31 heavy (non-hydrogen) atoms. The van der Waals surface area contributed by atoms with E-state index in [2.05, 4.69) is 95.5 Å². The van der Waals surface area contributed by atoms with Crippen molar-refractivity contribution in [3.63, 3.8) is 0 Å². The van der Waals surface area contributed by atoms with Crippen molar-refractivity contribution in [2.75, 3.05) is 0 Å². The number of hydrogen-bond acceptors (Lipinski definition) is 0. The summed E-state index contributed by atoms with van der Waals surface area (Å²) in [5.41, 5.74) is 14.3. The third-order valence-electron chi connectivity index (χ3n) is 7.48. The fraction of sp³-hybridized carbons (Fsp3) is 0.0667. The number of hydrogen-bond donors (Lipinski definition) is 0. The van der Waals surface area contributed by atoms with Crippen LogP contribution in [0, 0.1) is 0 Å². The average molecular weight is 393 g/mol. The molecule has 0 amide bonds. The summed E-state index contributed by atoms with van der Waals surface area (Å²) in [5.74, 6) is 0. The smallest absolute Gasteiger partial charge is 0.0538 e. The number of nitrogens with zero attached hydrogens (tertiary/aromatic N) is 1. The molecule has 0 fully saturated rings. The summed E-state index contributed by atoms with van der Waals surface area (Å²) in [5, 5.41) is 4.11. The molecule has 8 rings (SSSR count). The fourth-order valence-electron chi connectivity index (χ4n) is 6.22. The lowest BCUT2D eigenvalue weighted by Crippen LogP contribution is -1.93. The van der Waals surface area contributed by atoms with Crippen molar-refractivity contribution >= 4 is 27.2 Å². The van der Waals surface area contributed by atoms with Crippen molar-refractivity contribution in [3.8, 4) is 22.3 Å². The highest BCUT2D eigenvalue weighted by Gasteiger charge is 2.29. The van der Waals surface area contributed by atoms with Crippen LogP contribution in [0.1, 0.15) is 22.3 Å². The highest BCUT2D eigenvalue weighted by atomic mass is 14.9. The molecule has 0 N–H and O–H groups in total. The predicted molar refractivity (Wildman–Crippen MR) is 129 cm³/mol. The summed E-state index contributed by atoms with van der Waals surface area (Å²) in [6, 6.07) is 31.6. The first kappa shape index (κ1) is 15.9. The lowest BCUT2D eigenvalue weighted by molar-refractivity contribution is 1.24. The topological polar surface area (TPSA) is 4.41 Å². The Hall–Kier alpha value is -3.84. The van der Waals surface area contributed by atoms with Gasteiger partial charge in [0, 0.05) is 17.0 Å². The van der Waals surface area contributed by atoms with E-state index < -0.39 is 0 Å². The SMILES string of the molecule is c1ccc2c(c1)Cc1ccc3c(c1-2)Cc1c-3ccc2c3ccccc3n3cccc3c12. The standard InChI is InChI=1S/C30H19N/c1-2-7-20-18(6-1)16-19-11-12-21-22-13-14-24-23-8-3-4-9-27(23)31-15-5-10-28(31)30(24)26(22)17-25(21)29(19)20/h1-15H,16-17H2. The zero-order chi connectivity index (χ0) is 20.1. The van der Waals surface area contributed by atoms with Gasteiger partial charge in [-0.3, -0.25) is 0 Å². The van der Waals surface area contributed by atoms with Gasteiger partial charge in [-0.1, -0.05) is 66.7 Å². The first-order valence-electron chi connectivity index (χ1n) is 11.1. The van der Waals surface area contributed by atoms with Crippen molar-refractivity contribution < 1.29 is 0 Å². The quantitative estimate of drug-likeness (QED) is 0.237. The Balaban J connectivity index is 1.49. The van der Waals surface area contributed by atoms with Crippen LogP contribution in [0.5, 0.6) is 0 Å². The monoisotopic (exact) mass is 393 g/mol. The van der Waals surface area contributed by atoms with Crippen LogP contribution in [0.2, 0.25) is 0 Å². The van der Waals surface area contributed by atoms with Crippen molar-refractivity contribution in [3.05, 3.63) is 113 Å². The largest absolute Gasteiger partial charge is 0.316 e. The summed E-state index contributed by atoms with van der Waals surface area (Å²) in [6.45, 7) is 0. The second kappa shape index (κ2) is 5.44. The van der Waals surface area contributed by atoms with Gasteiger partial charge >= 0.3 is 0 Å². The van der Waals surface area contributed by atoms with Gasteiger partial charge in [-0.05, 0) is 80.9 Å². The van der Waals surface area contributed by atoms with E-state index in [1.807, 2.05) is 0 Å². The number of benzene rings is 4. The van der Waals surface area contributed by atoms with Gasteiger partial charge in [-0.25, -0.2) is 0 Å². The molecule has 2 aromatic heterocycles. The van der Waals surface area contributed by atoms with Crippen molar-refractivity contribution in [2.24, 2.45) is 0 Å². The number of aromatic nitrogens is 1. The Bertz CT molecular complexity index is 1730. The maximum absolute atomic E-state index is 2.37. The number of pyridine rings is 1. The van der Waals surface area contributed by atoms with E-state index in [1.54, 1.807) is 0 Å². The molecule has 1 nitrogen and oxygen atoms in total. The van der Waals surface area contributed by atoms with E-state index in [-0.39, 0.29) is 0 Å². The van der Waals surface area contributed by atoms with E-state index in [1.165, 1.54) is 71.7 Å². The van der Waals surface area contributed by atoms with Crippen molar-refractivity contribution in [1.29, 1.82) is 0 Å². The first-order chi connectivity index (χ1) is 15.4. The van der Waals surface area contributed by atoms with Crippen LogP contribution < -0.4 is 0 Å². The molecule has 2 aliphatic carbocycles. The first-order valence-corrected chi connectivity index (χ1v) is 11.1. The van der Waals surface area contributed by atoms with Gasteiger partial charge in [0.05, 0.1) is 11.0 Å². The Labute approximate surface area is 180 Å². The third-order valence-corrected chi connectivity index (χ3v) is 7.48. The van der Waals surface area contributed by atoms with Gasteiger partial charge in [0.15, 0.2) is 0 Å². The number of fused-ring (bicyclic) bond motifs is 14. The number of para-hydroxylation sites is 1. The summed E-state index contributed by atoms with van der Waals surface area (Å²) >= 11 is 0. The minimum atomic E-state index is 1.01. The Morgan fingerprint density at radius 3 is 2.32 bits per heavy atom. The van der Waals surface area contributed by atoms with Crippen LogP contribution in [0.3, 0.4) is 0 Å². The van der Waals surface area contributed by atoms with Crippen LogP contribution >= 0.6 is 0 Å². The summed E-state index contributed by atoms with van der Waals surface area (Å²) < 4.78 is 2.36. The van der Waals surface area contributed by atoms with Crippen molar-refractivity contribution in [2.45, 2.75) is 12.8 Å². The Morgan fingerprint density at radius 2 is 1.32 bits per heavy atom. The molecule has 0 aliphatic heterocycles. The average Bonchev–Trinajstić information content (AvgIpc) is 3.53. The van der Waals surface area contributed by atoms with Gasteiger partial charge in [-0.2, -0.15) is 0 Å². The molecule has 2 heterocycles. The molecule has 0 atom stereocenters. The lowest BCUT2D eigenvalue weighted by atomic mass is 9.95. The van der Waals surface area contributed by atoms with Crippen LogP contribution in [0.4, 0.5) is 0 Å². The molecule has 4 aromatic carbocycles. The highest BCUT2D eigenvalue weighted by molar-refractivity contribution is 6.16. The summed E-state index contributed by atoms with van der Waals surface area (Å²) in [4.78, 5) is 0. The second-order valence-electron chi connectivity index (χ2n) is 8.93. The fourth-order valence-corrected chi connectivity index (χ4v) is 6.22. The van der Waals surface area contributed by atoms with Crippen LogP contribution in [-0.2, 0) is 12.8 Å². The zero-order valence-corrected chi connectivity index (χ0v) is 17.0. The van der Waals surface area contributed by atoms with E-state index in [0.29, 0.717) is 0 Å². The molecule has 0 saturated carbocycles. The molecule has 0 radical (unpaired) electrons. The van der Waals surface area contributed by atoms with Crippen LogP contribution in [0.25, 0.3) is 49.4 Å². The normalized spacial score (nSPS) is 13.5. The molecule has 144 valence electrons. The minimum Gasteiger partial charge on any atom is -0.316 e. The van der Waals surface area contributed by atoms with E-state index in [9.17, 15) is 0 Å². The van der Waals surface area contributed by atoms with Gasteiger partial charge in [-0.15, -0.1) is 0 Å². The number of rotatable bonds is 0. The molecular formula is C30H19N. The lowest BCUT2D eigenvalue weighted by Gasteiger charge is -2.13. The van der Waals surface area contributed by atoms with Crippen molar-refractivity contribution in [1.82, 2.24) is 4.40 Å². The Kier molecular flexibility index (Phi) is 2.80. The molecule has 6 aromatic rings. The second-order valence-corrected chi connectivity index (χ2v) is 8.93. The highest BCUT2D eigenvalue weighted by Crippen LogP contribution is 2.50. The third kappa shape index (κ3) is 1.88. The molecule has 1 heteroatoms. The van der Waals surface area contributed by atoms with E-state index in [4.69, 9.17) is 0 Å². The molecule has 0 spiro atoms. The van der Waals surface area contributed by atoms with E-state index in [0.717, 1.165) is 12.8 Å². The Morgan fingerprint density at radius 1 is 0.516 bits per heavy atom. The van der Waals surface area contributed by atoms with Crippen LogP contribution in [0.15, 0.2) is 91.1 Å². The molecule has 0 saturated heterocycles. The maximum Gasteiger partial charge on any atom is 0.0538 e. The molecule has 0 bridgehead atoms. The maximum atomic E-state index is 2.37. The van der Waals surface area contributed by atoms with Gasteiger partial charge in [0.25, 0.3) is 0 Å². The molecule has 0 unspecified atom stereocenters. The van der Waals surface area contributed by atoms with Gasteiger partial charge < -0.3 is 4.40 Å². The van der Waals surface area contributed by atoms with Gasteiger partial charge in [0.2, 0.25) is 0 Å². The zero-order valence-electron chi connectivity index (χ0n) is 17.0.